The van der Waals surface area contributed by atoms with Gasteiger partial charge in [-0.1, -0.05) is 0 Å². The molecule has 0 saturated carbocycles. The van der Waals surface area contributed by atoms with Gasteiger partial charge in [-0.15, -0.1) is 0 Å². The zero-order valence-electron chi connectivity index (χ0n) is 17.6. The van der Waals surface area contributed by atoms with E-state index >= 15 is 0 Å². The Morgan fingerprint density at radius 3 is 1.34 bits per heavy atom. The summed E-state index contributed by atoms with van der Waals surface area (Å²) in [6.45, 7) is 4.43. The van der Waals surface area contributed by atoms with E-state index in [0.29, 0.717) is 13.2 Å². The van der Waals surface area contributed by atoms with Crippen LogP contribution in [0.15, 0.2) is 48.5 Å². The van der Waals surface area contributed by atoms with Gasteiger partial charge >= 0.3 is 0 Å². The minimum Gasteiger partial charge on any atom is -0.494 e. The molecule has 0 atom stereocenters. The van der Waals surface area contributed by atoms with E-state index in [0.717, 1.165) is 68.4 Å². The van der Waals surface area contributed by atoms with Crippen molar-refractivity contribution in [1.29, 1.82) is 0 Å². The summed E-state index contributed by atoms with van der Waals surface area (Å²) in [6.07, 6.45) is 3.10. The molecule has 6 heteroatoms. The van der Waals surface area contributed by atoms with Gasteiger partial charge < -0.3 is 29.6 Å². The molecule has 0 aromatic heterocycles. The Kier molecular flexibility index (Phi) is 11.5. The minimum absolute atomic E-state index is 0.694. The molecule has 0 saturated heterocycles. The molecule has 2 aromatic rings. The quantitative estimate of drug-likeness (QED) is 0.405. The predicted octanol–water partition coefficient (Wildman–Crippen LogP) is 4.43. The van der Waals surface area contributed by atoms with Gasteiger partial charge in [0.1, 0.15) is 11.5 Å². The SMILES string of the molecule is COCCNc1ccc(OCCCCCOc2ccc(NCCOC)cc2)cc1. The van der Waals surface area contributed by atoms with Crippen molar-refractivity contribution in [2.75, 3.05) is 64.4 Å². The van der Waals surface area contributed by atoms with Crippen LogP contribution in [0.2, 0.25) is 0 Å². The Bertz CT molecular complexity index is 589. The second-order valence-corrected chi connectivity index (χ2v) is 6.65. The highest BCUT2D eigenvalue weighted by atomic mass is 16.5. The Morgan fingerprint density at radius 2 is 0.966 bits per heavy atom. The molecule has 29 heavy (non-hydrogen) atoms. The molecule has 0 spiro atoms. The Labute approximate surface area is 174 Å². The number of anilines is 2. The third-order valence-electron chi connectivity index (χ3n) is 4.31. The van der Waals surface area contributed by atoms with Crippen LogP contribution < -0.4 is 20.1 Å². The molecule has 0 heterocycles. The predicted molar refractivity (Wildman–Crippen MR) is 118 cm³/mol. The van der Waals surface area contributed by atoms with E-state index in [4.69, 9.17) is 18.9 Å². The summed E-state index contributed by atoms with van der Waals surface area (Å²) in [4.78, 5) is 0. The molecule has 0 fully saturated rings. The van der Waals surface area contributed by atoms with E-state index in [1.807, 2.05) is 48.5 Å². The van der Waals surface area contributed by atoms with Crippen LogP contribution in [0.4, 0.5) is 11.4 Å². The van der Waals surface area contributed by atoms with Gasteiger partial charge in [-0.3, -0.25) is 0 Å². The maximum atomic E-state index is 5.80. The van der Waals surface area contributed by atoms with Crippen molar-refractivity contribution in [3.63, 3.8) is 0 Å². The highest BCUT2D eigenvalue weighted by Gasteiger charge is 1.98. The number of nitrogens with one attached hydrogen (secondary N) is 2. The Hall–Kier alpha value is -2.44. The smallest absolute Gasteiger partial charge is 0.119 e. The number of hydrogen-bond acceptors (Lipinski definition) is 6. The lowest BCUT2D eigenvalue weighted by Crippen LogP contribution is -2.07. The molecule has 0 bridgehead atoms. The highest BCUT2D eigenvalue weighted by molar-refractivity contribution is 5.47. The first-order valence-electron chi connectivity index (χ1n) is 10.2. The van der Waals surface area contributed by atoms with E-state index in [9.17, 15) is 0 Å². The standard InChI is InChI=1S/C23H34N2O4/c1-26-18-14-24-20-6-10-22(11-7-20)28-16-4-3-5-17-29-23-12-8-21(9-13-23)25-15-19-27-2/h6-13,24-25H,3-5,14-19H2,1-2H3. The summed E-state index contributed by atoms with van der Waals surface area (Å²) >= 11 is 0. The van der Waals surface area contributed by atoms with E-state index in [1.165, 1.54) is 0 Å². The molecule has 2 N–H and O–H groups in total. The molecule has 160 valence electrons. The Morgan fingerprint density at radius 1 is 0.552 bits per heavy atom. The number of benzene rings is 2. The molecule has 0 aliphatic rings. The fraction of sp³-hybridized carbons (Fsp3) is 0.478. The number of hydrogen-bond donors (Lipinski definition) is 2. The van der Waals surface area contributed by atoms with Crippen molar-refractivity contribution in [3.05, 3.63) is 48.5 Å². The van der Waals surface area contributed by atoms with E-state index in [2.05, 4.69) is 10.6 Å². The van der Waals surface area contributed by atoms with Crippen molar-refractivity contribution in [2.24, 2.45) is 0 Å². The number of rotatable bonds is 16. The second kappa shape index (κ2) is 14.5. The summed E-state index contributed by atoms with van der Waals surface area (Å²) < 4.78 is 21.6. The first kappa shape index (κ1) is 22.8. The van der Waals surface area contributed by atoms with Crippen LogP contribution >= 0.6 is 0 Å². The van der Waals surface area contributed by atoms with Crippen LogP contribution in [-0.2, 0) is 9.47 Å². The number of ether oxygens (including phenoxy) is 4. The molecular formula is C23H34N2O4. The monoisotopic (exact) mass is 402 g/mol. The fourth-order valence-electron chi connectivity index (χ4n) is 2.69. The summed E-state index contributed by atoms with van der Waals surface area (Å²) in [5, 5.41) is 6.58. The van der Waals surface area contributed by atoms with Crippen LogP contribution in [0.3, 0.4) is 0 Å². The van der Waals surface area contributed by atoms with Gasteiger partial charge in [0.25, 0.3) is 0 Å². The van der Waals surface area contributed by atoms with Gasteiger partial charge in [-0.2, -0.15) is 0 Å². The topological polar surface area (TPSA) is 61.0 Å². The minimum atomic E-state index is 0.694. The van der Waals surface area contributed by atoms with E-state index in [-0.39, 0.29) is 0 Å². The molecule has 2 rings (SSSR count). The summed E-state index contributed by atoms with van der Waals surface area (Å²) in [7, 11) is 3.40. The third kappa shape index (κ3) is 10.1. The normalized spacial score (nSPS) is 10.6. The van der Waals surface area contributed by atoms with Crippen LogP contribution in [0.5, 0.6) is 11.5 Å². The molecule has 0 aliphatic heterocycles. The van der Waals surface area contributed by atoms with Crippen LogP contribution in [-0.4, -0.2) is 53.7 Å². The average molecular weight is 403 g/mol. The average Bonchev–Trinajstić information content (AvgIpc) is 2.75. The summed E-state index contributed by atoms with van der Waals surface area (Å²) in [6, 6.07) is 16.1. The lowest BCUT2D eigenvalue weighted by molar-refractivity contribution is 0.210. The molecule has 6 nitrogen and oxygen atoms in total. The van der Waals surface area contributed by atoms with Gasteiger partial charge in [0, 0.05) is 38.7 Å². The van der Waals surface area contributed by atoms with Crippen molar-refractivity contribution in [2.45, 2.75) is 19.3 Å². The number of methoxy groups -OCH3 is 2. The largest absolute Gasteiger partial charge is 0.494 e. The van der Waals surface area contributed by atoms with Crippen molar-refractivity contribution >= 4 is 11.4 Å². The summed E-state index contributed by atoms with van der Waals surface area (Å²) in [5.74, 6) is 1.80. The lowest BCUT2D eigenvalue weighted by Gasteiger charge is -2.10. The van der Waals surface area contributed by atoms with Crippen molar-refractivity contribution in [1.82, 2.24) is 0 Å². The van der Waals surface area contributed by atoms with E-state index in [1.54, 1.807) is 14.2 Å². The molecule has 0 unspecified atom stereocenters. The van der Waals surface area contributed by atoms with Gasteiger partial charge in [0.2, 0.25) is 0 Å². The lowest BCUT2D eigenvalue weighted by atomic mass is 10.2. The van der Waals surface area contributed by atoms with Gasteiger partial charge in [-0.25, -0.2) is 0 Å². The van der Waals surface area contributed by atoms with Gasteiger partial charge in [0.15, 0.2) is 0 Å². The van der Waals surface area contributed by atoms with Crippen LogP contribution in [0.25, 0.3) is 0 Å². The second-order valence-electron chi connectivity index (χ2n) is 6.65. The molecule has 0 radical (unpaired) electrons. The third-order valence-corrected chi connectivity index (χ3v) is 4.31. The van der Waals surface area contributed by atoms with Crippen LogP contribution in [0.1, 0.15) is 19.3 Å². The van der Waals surface area contributed by atoms with E-state index < -0.39 is 0 Å². The zero-order chi connectivity index (χ0) is 20.6. The van der Waals surface area contributed by atoms with Gasteiger partial charge in [0.05, 0.1) is 26.4 Å². The van der Waals surface area contributed by atoms with Crippen LogP contribution in [0, 0.1) is 0 Å². The first-order valence-corrected chi connectivity index (χ1v) is 10.2. The zero-order valence-corrected chi connectivity index (χ0v) is 17.6. The molecule has 2 aromatic carbocycles. The van der Waals surface area contributed by atoms with Crippen molar-refractivity contribution < 1.29 is 18.9 Å². The summed E-state index contributed by atoms with van der Waals surface area (Å²) in [5.41, 5.74) is 2.15. The molecular weight excluding hydrogens is 368 g/mol. The molecule has 0 amide bonds. The fourth-order valence-corrected chi connectivity index (χ4v) is 2.69. The maximum absolute atomic E-state index is 5.80. The first-order chi connectivity index (χ1) is 14.3. The maximum Gasteiger partial charge on any atom is 0.119 e. The van der Waals surface area contributed by atoms with Crippen molar-refractivity contribution in [3.8, 4) is 11.5 Å². The van der Waals surface area contributed by atoms with Gasteiger partial charge in [-0.05, 0) is 67.8 Å². The Balaban J connectivity index is 1.50. The highest BCUT2D eigenvalue weighted by Crippen LogP contribution is 2.17. The molecule has 0 aliphatic carbocycles. The number of unbranched alkanes of at least 4 members (excludes halogenated alkanes) is 2.